The fourth-order valence-electron chi connectivity index (χ4n) is 1.52. The summed E-state index contributed by atoms with van der Waals surface area (Å²) in [7, 11) is 1.30. The van der Waals surface area contributed by atoms with Gasteiger partial charge in [-0.15, -0.1) is 11.8 Å². The molecule has 0 radical (unpaired) electrons. The molecule has 5 nitrogen and oxygen atoms in total. The Morgan fingerprint density at radius 1 is 1.35 bits per heavy atom. The van der Waals surface area contributed by atoms with Crippen molar-refractivity contribution in [3.05, 3.63) is 40.9 Å². The molecule has 1 N–H and O–H groups in total. The standard InChI is InChI=1S/C13H12N2O3S2/c1-18-12(17)10-7-14-13(20-10)15-11(16)8-5-3-4-6-9(8)19-2/h3-7H,1-2H3,(H,14,15,16). The van der Waals surface area contributed by atoms with Crippen LogP contribution in [0.3, 0.4) is 0 Å². The number of ether oxygens (including phenoxy) is 1. The van der Waals surface area contributed by atoms with Gasteiger partial charge in [-0.1, -0.05) is 23.5 Å². The van der Waals surface area contributed by atoms with Crippen LogP contribution in [-0.2, 0) is 4.74 Å². The molecule has 0 aliphatic rings. The van der Waals surface area contributed by atoms with E-state index in [4.69, 9.17) is 0 Å². The summed E-state index contributed by atoms with van der Waals surface area (Å²) in [6, 6.07) is 7.30. The summed E-state index contributed by atoms with van der Waals surface area (Å²) < 4.78 is 4.59. The van der Waals surface area contributed by atoms with E-state index in [9.17, 15) is 9.59 Å². The summed E-state index contributed by atoms with van der Waals surface area (Å²) in [5.74, 6) is -0.715. The minimum atomic E-state index is -0.465. The Kier molecular flexibility index (Phi) is 4.75. The number of rotatable bonds is 4. The highest BCUT2D eigenvalue weighted by atomic mass is 32.2. The van der Waals surface area contributed by atoms with Gasteiger partial charge in [-0.2, -0.15) is 0 Å². The number of thiazole rings is 1. The number of hydrogen-bond acceptors (Lipinski definition) is 6. The first-order valence-electron chi connectivity index (χ1n) is 5.64. The van der Waals surface area contributed by atoms with Crippen molar-refractivity contribution in [2.24, 2.45) is 0 Å². The maximum Gasteiger partial charge on any atom is 0.349 e. The summed E-state index contributed by atoms with van der Waals surface area (Å²) in [6.45, 7) is 0. The second-order valence-electron chi connectivity index (χ2n) is 3.68. The predicted octanol–water partition coefficient (Wildman–Crippen LogP) is 2.90. The lowest BCUT2D eigenvalue weighted by atomic mass is 10.2. The topological polar surface area (TPSA) is 68.3 Å². The van der Waals surface area contributed by atoms with Crippen molar-refractivity contribution < 1.29 is 14.3 Å². The first kappa shape index (κ1) is 14.5. The number of anilines is 1. The lowest BCUT2D eigenvalue weighted by molar-refractivity contribution is 0.0606. The van der Waals surface area contributed by atoms with Crippen LogP contribution in [-0.4, -0.2) is 30.2 Å². The molecule has 1 aromatic carbocycles. The summed E-state index contributed by atoms with van der Waals surface area (Å²) in [5.41, 5.74) is 0.579. The van der Waals surface area contributed by atoms with E-state index in [1.165, 1.54) is 25.1 Å². The zero-order chi connectivity index (χ0) is 14.5. The van der Waals surface area contributed by atoms with Gasteiger partial charge in [0, 0.05) is 4.90 Å². The van der Waals surface area contributed by atoms with Gasteiger partial charge in [0.2, 0.25) is 0 Å². The maximum absolute atomic E-state index is 12.2. The molecular formula is C13H12N2O3S2. The molecule has 2 aromatic rings. The Morgan fingerprint density at radius 2 is 2.10 bits per heavy atom. The summed E-state index contributed by atoms with van der Waals surface area (Å²) in [6.07, 6.45) is 3.29. The Bertz CT molecular complexity index is 640. The van der Waals surface area contributed by atoms with Crippen molar-refractivity contribution in [1.82, 2.24) is 4.98 Å². The fraction of sp³-hybridized carbons (Fsp3) is 0.154. The van der Waals surface area contributed by atoms with Crippen LogP contribution in [0.2, 0.25) is 0 Å². The number of benzene rings is 1. The number of carbonyl (C=O) groups excluding carboxylic acids is 2. The highest BCUT2D eigenvalue weighted by Crippen LogP contribution is 2.23. The second-order valence-corrected chi connectivity index (χ2v) is 5.55. The third kappa shape index (κ3) is 3.17. The van der Waals surface area contributed by atoms with Gasteiger partial charge < -0.3 is 4.74 Å². The normalized spacial score (nSPS) is 10.1. The molecule has 7 heteroatoms. The van der Waals surface area contributed by atoms with Gasteiger partial charge in [0.05, 0.1) is 18.9 Å². The zero-order valence-electron chi connectivity index (χ0n) is 10.9. The van der Waals surface area contributed by atoms with E-state index in [1.807, 2.05) is 18.4 Å². The zero-order valence-corrected chi connectivity index (χ0v) is 12.5. The van der Waals surface area contributed by atoms with Crippen LogP contribution < -0.4 is 5.32 Å². The largest absolute Gasteiger partial charge is 0.465 e. The molecule has 0 saturated carbocycles. The molecule has 2 rings (SSSR count). The average molecular weight is 308 g/mol. The number of esters is 1. The number of methoxy groups -OCH3 is 1. The molecule has 0 bridgehead atoms. The van der Waals surface area contributed by atoms with Crippen LogP contribution in [0.25, 0.3) is 0 Å². The number of amides is 1. The third-order valence-corrected chi connectivity index (χ3v) is 4.15. The minimum Gasteiger partial charge on any atom is -0.465 e. The Labute approximate surface area is 124 Å². The number of thioether (sulfide) groups is 1. The molecule has 0 atom stereocenters. The second kappa shape index (κ2) is 6.53. The molecular weight excluding hydrogens is 296 g/mol. The molecule has 0 aliphatic heterocycles. The van der Waals surface area contributed by atoms with E-state index < -0.39 is 5.97 Å². The van der Waals surface area contributed by atoms with E-state index in [-0.39, 0.29) is 5.91 Å². The van der Waals surface area contributed by atoms with E-state index in [1.54, 1.807) is 12.1 Å². The molecule has 104 valence electrons. The molecule has 0 spiro atoms. The van der Waals surface area contributed by atoms with E-state index in [2.05, 4.69) is 15.0 Å². The first-order valence-corrected chi connectivity index (χ1v) is 7.68. The van der Waals surface area contributed by atoms with Crippen molar-refractivity contribution in [2.45, 2.75) is 4.90 Å². The van der Waals surface area contributed by atoms with Gasteiger partial charge in [-0.05, 0) is 18.4 Å². The van der Waals surface area contributed by atoms with Gasteiger partial charge in [0.1, 0.15) is 4.88 Å². The Hall–Kier alpha value is -1.86. The van der Waals surface area contributed by atoms with Crippen LogP contribution in [0.15, 0.2) is 35.4 Å². The monoisotopic (exact) mass is 308 g/mol. The van der Waals surface area contributed by atoms with Crippen LogP contribution >= 0.6 is 23.1 Å². The quantitative estimate of drug-likeness (QED) is 0.695. The van der Waals surface area contributed by atoms with Crippen molar-refractivity contribution in [1.29, 1.82) is 0 Å². The number of nitrogens with zero attached hydrogens (tertiary/aromatic N) is 1. The summed E-state index contributed by atoms with van der Waals surface area (Å²) in [5, 5.41) is 3.05. The van der Waals surface area contributed by atoms with Crippen molar-refractivity contribution >= 4 is 40.1 Å². The van der Waals surface area contributed by atoms with Crippen molar-refractivity contribution in [3.63, 3.8) is 0 Å². The highest BCUT2D eigenvalue weighted by Gasteiger charge is 2.15. The maximum atomic E-state index is 12.2. The van der Waals surface area contributed by atoms with Crippen molar-refractivity contribution in [2.75, 3.05) is 18.7 Å². The number of aromatic nitrogens is 1. The van der Waals surface area contributed by atoms with E-state index in [0.717, 1.165) is 16.2 Å². The molecule has 0 aliphatic carbocycles. The molecule has 0 unspecified atom stereocenters. The molecule has 1 heterocycles. The fourth-order valence-corrected chi connectivity index (χ4v) is 2.85. The molecule has 0 fully saturated rings. The number of carbonyl (C=O) groups is 2. The van der Waals surface area contributed by atoms with E-state index >= 15 is 0 Å². The summed E-state index contributed by atoms with van der Waals surface area (Å²) >= 11 is 2.57. The molecule has 20 heavy (non-hydrogen) atoms. The molecule has 1 amide bonds. The predicted molar refractivity (Wildman–Crippen MR) is 79.6 cm³/mol. The minimum absolute atomic E-state index is 0.249. The Balaban J connectivity index is 2.15. The third-order valence-electron chi connectivity index (χ3n) is 2.46. The number of nitrogens with one attached hydrogen (secondary N) is 1. The van der Waals surface area contributed by atoms with Crippen LogP contribution in [0.1, 0.15) is 20.0 Å². The lowest BCUT2D eigenvalue weighted by Crippen LogP contribution is -2.12. The van der Waals surface area contributed by atoms with Crippen LogP contribution in [0, 0.1) is 0 Å². The summed E-state index contributed by atoms with van der Waals surface area (Å²) in [4.78, 5) is 28.7. The SMILES string of the molecule is COC(=O)c1cnc(NC(=O)c2ccccc2SC)s1. The lowest BCUT2D eigenvalue weighted by Gasteiger charge is -2.05. The van der Waals surface area contributed by atoms with Gasteiger partial charge in [-0.3, -0.25) is 10.1 Å². The van der Waals surface area contributed by atoms with Crippen LogP contribution in [0.5, 0.6) is 0 Å². The smallest absolute Gasteiger partial charge is 0.349 e. The van der Waals surface area contributed by atoms with Gasteiger partial charge >= 0.3 is 5.97 Å². The molecule has 1 aromatic heterocycles. The van der Waals surface area contributed by atoms with Crippen molar-refractivity contribution in [3.8, 4) is 0 Å². The van der Waals surface area contributed by atoms with Crippen LogP contribution in [0.4, 0.5) is 5.13 Å². The Morgan fingerprint density at radius 3 is 2.80 bits per heavy atom. The average Bonchev–Trinajstić information content (AvgIpc) is 2.94. The molecule has 0 saturated heterocycles. The van der Waals surface area contributed by atoms with Gasteiger partial charge in [0.25, 0.3) is 5.91 Å². The van der Waals surface area contributed by atoms with E-state index in [0.29, 0.717) is 15.6 Å². The first-order chi connectivity index (χ1) is 9.65. The van der Waals surface area contributed by atoms with Gasteiger partial charge in [-0.25, -0.2) is 9.78 Å². The highest BCUT2D eigenvalue weighted by molar-refractivity contribution is 7.98. The number of hydrogen-bond donors (Lipinski definition) is 1. The van der Waals surface area contributed by atoms with Gasteiger partial charge in [0.15, 0.2) is 5.13 Å².